The van der Waals surface area contributed by atoms with Crippen LogP contribution in [-0.4, -0.2) is 46.2 Å². The molecule has 0 radical (unpaired) electrons. The van der Waals surface area contributed by atoms with Crippen molar-refractivity contribution < 1.29 is 18.3 Å². The fraction of sp³-hybridized carbons (Fsp3) is 0.516. The van der Waals surface area contributed by atoms with Gasteiger partial charge < -0.3 is 14.2 Å². The van der Waals surface area contributed by atoms with Gasteiger partial charge in [0.05, 0.1) is 13.2 Å². The SMILES string of the molecule is Cn1c(Cc2cccc(N3Cc4c(F)cc(C[C@@H]5CO[C@H]5NCC5CCC5)cc4C3=O)c2)nnc1C1CC(F)C1. The zero-order valence-corrected chi connectivity index (χ0v) is 22.8. The molecule has 1 aromatic heterocycles. The van der Waals surface area contributed by atoms with Crippen molar-refractivity contribution >= 4 is 11.6 Å². The number of hydrogen-bond acceptors (Lipinski definition) is 5. The maximum absolute atomic E-state index is 15.3. The fourth-order valence-electron chi connectivity index (χ4n) is 6.41. The molecule has 4 aliphatic rings. The van der Waals surface area contributed by atoms with Gasteiger partial charge in [0.15, 0.2) is 0 Å². The molecular weight excluding hydrogens is 512 g/mol. The molecule has 1 amide bonds. The number of carbonyl (C=O) groups excluding carboxylic acids is 1. The molecule has 0 bridgehead atoms. The maximum atomic E-state index is 15.3. The summed E-state index contributed by atoms with van der Waals surface area (Å²) in [5.74, 6) is 2.28. The summed E-state index contributed by atoms with van der Waals surface area (Å²) in [6, 6.07) is 11.2. The summed E-state index contributed by atoms with van der Waals surface area (Å²) in [7, 11) is 1.92. The molecule has 7 rings (SSSR count). The number of alkyl halides is 1. The number of hydrogen-bond donors (Lipinski definition) is 1. The van der Waals surface area contributed by atoms with Gasteiger partial charge in [-0.3, -0.25) is 10.1 Å². The first kappa shape index (κ1) is 25.8. The van der Waals surface area contributed by atoms with E-state index in [0.717, 1.165) is 40.9 Å². The van der Waals surface area contributed by atoms with Gasteiger partial charge in [-0.15, -0.1) is 10.2 Å². The molecule has 2 aliphatic heterocycles. The second-order valence-corrected chi connectivity index (χ2v) is 12.1. The molecular formula is C31H35F2N5O2. The fourth-order valence-corrected chi connectivity index (χ4v) is 6.41. The monoisotopic (exact) mass is 547 g/mol. The molecule has 9 heteroatoms. The number of fused-ring (bicyclic) bond motifs is 1. The number of aromatic nitrogens is 3. The largest absolute Gasteiger partial charge is 0.363 e. The Morgan fingerprint density at radius 2 is 1.98 bits per heavy atom. The van der Waals surface area contributed by atoms with E-state index < -0.39 is 6.17 Å². The summed E-state index contributed by atoms with van der Waals surface area (Å²) in [5, 5.41) is 12.2. The van der Waals surface area contributed by atoms with Crippen molar-refractivity contribution in [2.75, 3.05) is 18.1 Å². The molecule has 2 saturated carbocycles. The molecule has 3 heterocycles. The average Bonchev–Trinajstić information content (AvgIpc) is 3.41. The first-order valence-corrected chi connectivity index (χ1v) is 14.5. The van der Waals surface area contributed by atoms with Crippen LogP contribution in [0, 0.1) is 17.7 Å². The Morgan fingerprint density at radius 3 is 2.70 bits per heavy atom. The van der Waals surface area contributed by atoms with Crippen LogP contribution >= 0.6 is 0 Å². The van der Waals surface area contributed by atoms with E-state index in [4.69, 9.17) is 4.74 Å². The summed E-state index contributed by atoms with van der Waals surface area (Å²) >= 11 is 0. The zero-order valence-electron chi connectivity index (χ0n) is 22.8. The topological polar surface area (TPSA) is 72.3 Å². The van der Waals surface area contributed by atoms with Crippen molar-refractivity contribution in [3.8, 4) is 0 Å². The normalized spacial score (nSPS) is 25.9. The number of anilines is 1. The van der Waals surface area contributed by atoms with Crippen LogP contribution in [-0.2, 0) is 31.2 Å². The Hall–Kier alpha value is -3.17. The van der Waals surface area contributed by atoms with Crippen molar-refractivity contribution in [1.29, 1.82) is 0 Å². The number of nitrogens with one attached hydrogen (secondary N) is 1. The Balaban J connectivity index is 1.03. The highest BCUT2D eigenvalue weighted by Gasteiger charge is 2.36. The minimum absolute atomic E-state index is 0.00572. The highest BCUT2D eigenvalue weighted by Crippen LogP contribution is 2.38. The summed E-state index contributed by atoms with van der Waals surface area (Å²) in [6.45, 7) is 1.84. The molecule has 0 spiro atoms. The van der Waals surface area contributed by atoms with Crippen molar-refractivity contribution in [2.24, 2.45) is 18.9 Å². The lowest BCUT2D eigenvalue weighted by molar-refractivity contribution is -0.133. The summed E-state index contributed by atoms with van der Waals surface area (Å²) < 4.78 is 36.3. The van der Waals surface area contributed by atoms with Gasteiger partial charge in [0.2, 0.25) is 0 Å². The third-order valence-corrected chi connectivity index (χ3v) is 9.32. The minimum Gasteiger partial charge on any atom is -0.363 e. The summed E-state index contributed by atoms with van der Waals surface area (Å²) in [4.78, 5) is 15.1. The van der Waals surface area contributed by atoms with Crippen LogP contribution in [0.3, 0.4) is 0 Å². The van der Waals surface area contributed by atoms with E-state index in [1.165, 1.54) is 19.3 Å². The quantitative estimate of drug-likeness (QED) is 0.416. The zero-order chi connectivity index (χ0) is 27.4. The molecule has 2 aromatic carbocycles. The van der Waals surface area contributed by atoms with E-state index in [1.54, 1.807) is 11.0 Å². The third kappa shape index (κ3) is 4.73. The van der Waals surface area contributed by atoms with Gasteiger partial charge >= 0.3 is 0 Å². The van der Waals surface area contributed by atoms with Gasteiger partial charge in [-0.05, 0) is 73.4 Å². The van der Waals surface area contributed by atoms with Gasteiger partial charge in [-0.1, -0.05) is 18.6 Å². The Labute approximate surface area is 232 Å². The standard InChI is InChI=1S/C31H35F2N5O2/c1-37-28(35-36-29(37)21-13-23(32)14-21)12-19-6-3-7-24(9-19)38-16-26-25(31(38)39)10-20(11-27(26)33)8-22-17-40-30(22)34-15-18-4-2-5-18/h3,6-7,9-11,18,21-23,30,34H,2,4-5,8,12-17H2,1H3/t21?,22-,23?,30-/m1/s1. The number of carbonyl (C=O) groups is 1. The highest BCUT2D eigenvalue weighted by atomic mass is 19.1. The van der Waals surface area contributed by atoms with Crippen LogP contribution in [0.15, 0.2) is 36.4 Å². The number of rotatable bonds is 9. The maximum Gasteiger partial charge on any atom is 0.259 e. The van der Waals surface area contributed by atoms with Crippen LogP contribution in [0.25, 0.3) is 0 Å². The molecule has 40 heavy (non-hydrogen) atoms. The van der Waals surface area contributed by atoms with E-state index in [1.807, 2.05) is 41.9 Å². The number of halogens is 2. The first-order valence-electron chi connectivity index (χ1n) is 14.5. The van der Waals surface area contributed by atoms with E-state index in [0.29, 0.717) is 43.4 Å². The first-order chi connectivity index (χ1) is 19.4. The van der Waals surface area contributed by atoms with Crippen LogP contribution in [0.4, 0.5) is 14.5 Å². The smallest absolute Gasteiger partial charge is 0.259 e. The molecule has 3 fully saturated rings. The van der Waals surface area contributed by atoms with Crippen molar-refractivity contribution in [3.05, 3.63) is 76.1 Å². The van der Waals surface area contributed by atoms with E-state index in [-0.39, 0.29) is 36.3 Å². The molecule has 3 aromatic rings. The summed E-state index contributed by atoms with van der Waals surface area (Å²) in [5.41, 5.74) is 3.45. The number of ether oxygens (including phenoxy) is 1. The molecule has 1 saturated heterocycles. The second kappa shape index (κ2) is 10.3. The molecule has 7 nitrogen and oxygen atoms in total. The van der Waals surface area contributed by atoms with E-state index >= 15 is 4.39 Å². The Kier molecular flexibility index (Phi) is 6.66. The van der Waals surface area contributed by atoms with Gasteiger partial charge in [0, 0.05) is 48.7 Å². The number of nitrogens with zero attached hydrogens (tertiary/aromatic N) is 4. The number of amides is 1. The van der Waals surface area contributed by atoms with Gasteiger partial charge in [0.1, 0.15) is 29.9 Å². The van der Waals surface area contributed by atoms with Crippen LogP contribution in [0.2, 0.25) is 0 Å². The lowest BCUT2D eigenvalue weighted by Crippen LogP contribution is -2.52. The molecule has 1 N–H and O–H groups in total. The molecule has 2 atom stereocenters. The predicted octanol–water partition coefficient (Wildman–Crippen LogP) is 4.83. The van der Waals surface area contributed by atoms with Crippen LogP contribution < -0.4 is 10.2 Å². The summed E-state index contributed by atoms with van der Waals surface area (Å²) in [6.07, 6.45) is 5.37. The molecule has 210 valence electrons. The lowest BCUT2D eigenvalue weighted by atomic mass is 9.83. The van der Waals surface area contributed by atoms with Crippen molar-refractivity contribution in [3.63, 3.8) is 0 Å². The molecule has 0 unspecified atom stereocenters. The van der Waals surface area contributed by atoms with E-state index in [9.17, 15) is 9.18 Å². The number of benzene rings is 2. The highest BCUT2D eigenvalue weighted by molar-refractivity contribution is 6.10. The van der Waals surface area contributed by atoms with Gasteiger partial charge in [-0.2, -0.15) is 0 Å². The van der Waals surface area contributed by atoms with Gasteiger partial charge in [-0.25, -0.2) is 8.78 Å². The van der Waals surface area contributed by atoms with Crippen molar-refractivity contribution in [2.45, 2.75) is 69.8 Å². The Bertz CT molecular complexity index is 1430. The average molecular weight is 548 g/mol. The van der Waals surface area contributed by atoms with Crippen LogP contribution in [0.5, 0.6) is 0 Å². The second-order valence-electron chi connectivity index (χ2n) is 12.1. The lowest BCUT2D eigenvalue weighted by Gasteiger charge is -2.39. The van der Waals surface area contributed by atoms with Crippen molar-refractivity contribution in [1.82, 2.24) is 20.1 Å². The van der Waals surface area contributed by atoms with Crippen LogP contribution in [0.1, 0.15) is 76.7 Å². The predicted molar refractivity (Wildman–Crippen MR) is 146 cm³/mol. The minimum atomic E-state index is -0.743. The van der Waals surface area contributed by atoms with Gasteiger partial charge in [0.25, 0.3) is 5.91 Å². The Morgan fingerprint density at radius 1 is 1.12 bits per heavy atom. The molecule has 2 aliphatic carbocycles. The third-order valence-electron chi connectivity index (χ3n) is 9.32. The van der Waals surface area contributed by atoms with E-state index in [2.05, 4.69) is 15.5 Å².